The van der Waals surface area contributed by atoms with Gasteiger partial charge in [0.25, 0.3) is 0 Å². The van der Waals surface area contributed by atoms with E-state index in [1.54, 1.807) is 4.90 Å². The second kappa shape index (κ2) is 5.84. The number of likely N-dealkylation sites (tertiary alicyclic amines) is 1. The number of hydrogen-bond acceptors (Lipinski definition) is 4. The van der Waals surface area contributed by atoms with Crippen molar-refractivity contribution in [3.05, 3.63) is 24.0 Å². The lowest BCUT2D eigenvalue weighted by Gasteiger charge is -2.20. The van der Waals surface area contributed by atoms with Crippen molar-refractivity contribution in [2.24, 2.45) is 11.8 Å². The SMILES string of the molecule is CS(=O)(=O)Nc1ccc(F)c(NC(=O)N2CC3C4CCC(O4)C3C2)c1. The molecule has 136 valence electrons. The summed E-state index contributed by atoms with van der Waals surface area (Å²) in [7, 11) is -3.48. The summed E-state index contributed by atoms with van der Waals surface area (Å²) < 4.78 is 44.7. The molecule has 1 aromatic rings. The van der Waals surface area contributed by atoms with Crippen LogP contribution in [0.15, 0.2) is 18.2 Å². The van der Waals surface area contributed by atoms with Gasteiger partial charge in [-0.3, -0.25) is 4.72 Å². The van der Waals surface area contributed by atoms with Gasteiger partial charge in [0.05, 0.1) is 29.8 Å². The van der Waals surface area contributed by atoms with E-state index in [1.807, 2.05) is 0 Å². The number of benzene rings is 1. The average Bonchev–Trinajstić information content (AvgIpc) is 3.20. The Balaban J connectivity index is 1.45. The maximum absolute atomic E-state index is 14.0. The number of fused-ring (bicyclic) bond motifs is 5. The Hall–Kier alpha value is -1.87. The van der Waals surface area contributed by atoms with Gasteiger partial charge >= 0.3 is 6.03 Å². The zero-order chi connectivity index (χ0) is 17.8. The van der Waals surface area contributed by atoms with Crippen LogP contribution in [0.4, 0.5) is 20.6 Å². The van der Waals surface area contributed by atoms with Crippen LogP contribution in [0.25, 0.3) is 0 Å². The number of sulfonamides is 1. The van der Waals surface area contributed by atoms with Crippen molar-refractivity contribution in [2.45, 2.75) is 25.0 Å². The summed E-state index contributed by atoms with van der Waals surface area (Å²) in [5, 5.41) is 2.55. The van der Waals surface area contributed by atoms with Gasteiger partial charge in [-0.2, -0.15) is 0 Å². The fraction of sp³-hybridized carbons (Fsp3) is 0.562. The molecule has 3 saturated heterocycles. The molecule has 0 aromatic heterocycles. The van der Waals surface area contributed by atoms with E-state index in [9.17, 15) is 17.6 Å². The summed E-state index contributed by atoms with van der Waals surface area (Å²) >= 11 is 0. The van der Waals surface area contributed by atoms with E-state index >= 15 is 0 Å². The van der Waals surface area contributed by atoms with Crippen LogP contribution >= 0.6 is 0 Å². The van der Waals surface area contributed by atoms with Crippen molar-refractivity contribution in [2.75, 3.05) is 29.4 Å². The van der Waals surface area contributed by atoms with E-state index in [1.165, 1.54) is 12.1 Å². The van der Waals surface area contributed by atoms with Crippen LogP contribution in [0.2, 0.25) is 0 Å². The third-order valence-corrected chi connectivity index (χ3v) is 5.86. The predicted molar refractivity (Wildman–Crippen MR) is 90.3 cm³/mol. The van der Waals surface area contributed by atoms with E-state index < -0.39 is 15.8 Å². The molecule has 1 aromatic carbocycles. The zero-order valence-electron chi connectivity index (χ0n) is 13.7. The molecule has 0 radical (unpaired) electrons. The number of nitrogens with zero attached hydrogens (tertiary/aromatic N) is 1. The summed E-state index contributed by atoms with van der Waals surface area (Å²) in [6, 6.07) is 3.33. The third-order valence-electron chi connectivity index (χ3n) is 5.25. The Morgan fingerprint density at radius 1 is 1.24 bits per heavy atom. The van der Waals surface area contributed by atoms with E-state index in [-0.39, 0.29) is 29.6 Å². The molecule has 2 N–H and O–H groups in total. The fourth-order valence-electron chi connectivity index (χ4n) is 4.22. The summed E-state index contributed by atoms with van der Waals surface area (Å²) in [5.41, 5.74) is 0.152. The Labute approximate surface area is 145 Å². The smallest absolute Gasteiger partial charge is 0.321 e. The lowest BCUT2D eigenvalue weighted by Crippen LogP contribution is -2.35. The highest BCUT2D eigenvalue weighted by Crippen LogP contribution is 2.47. The molecule has 4 atom stereocenters. The Morgan fingerprint density at radius 2 is 1.88 bits per heavy atom. The molecule has 3 aliphatic rings. The van der Waals surface area contributed by atoms with Crippen LogP contribution in [-0.4, -0.2) is 50.9 Å². The molecule has 3 heterocycles. The van der Waals surface area contributed by atoms with Crippen molar-refractivity contribution in [1.29, 1.82) is 0 Å². The number of carbonyl (C=O) groups is 1. The summed E-state index contributed by atoms with van der Waals surface area (Å²) in [6.07, 6.45) is 3.59. The van der Waals surface area contributed by atoms with Crippen LogP contribution in [0.1, 0.15) is 12.8 Å². The van der Waals surface area contributed by atoms with Crippen molar-refractivity contribution in [3.8, 4) is 0 Å². The number of halogens is 1. The number of rotatable bonds is 3. The molecule has 3 fully saturated rings. The topological polar surface area (TPSA) is 87.7 Å². The minimum absolute atomic E-state index is 0.0464. The van der Waals surface area contributed by atoms with Gasteiger partial charge in [0.1, 0.15) is 5.82 Å². The molecule has 3 aliphatic heterocycles. The highest BCUT2D eigenvalue weighted by atomic mass is 32.2. The second-order valence-electron chi connectivity index (χ2n) is 7.02. The number of carbonyl (C=O) groups excluding carboxylic acids is 1. The molecule has 0 spiro atoms. The fourth-order valence-corrected chi connectivity index (χ4v) is 4.77. The minimum atomic E-state index is -3.48. The maximum Gasteiger partial charge on any atom is 0.321 e. The van der Waals surface area contributed by atoms with Gasteiger partial charge < -0.3 is 15.0 Å². The lowest BCUT2D eigenvalue weighted by atomic mass is 9.82. The monoisotopic (exact) mass is 369 g/mol. The van der Waals surface area contributed by atoms with Gasteiger partial charge in [0, 0.05) is 24.9 Å². The number of urea groups is 1. The summed E-state index contributed by atoms with van der Waals surface area (Å²) in [5.74, 6) is 0.121. The lowest BCUT2D eigenvalue weighted by molar-refractivity contribution is 0.0746. The van der Waals surface area contributed by atoms with Gasteiger partial charge in [-0.15, -0.1) is 0 Å². The molecule has 0 aliphatic carbocycles. The standard InChI is InChI=1S/C16H20FN3O4S/c1-25(22,23)19-9-2-3-12(17)13(6-9)18-16(21)20-7-10-11(8-20)15-5-4-14(10)24-15/h2-3,6,10-11,14-15,19H,4-5,7-8H2,1H3,(H,18,21). The Bertz CT molecular complexity index is 798. The maximum atomic E-state index is 14.0. The van der Waals surface area contributed by atoms with Crippen molar-refractivity contribution in [1.82, 2.24) is 4.90 Å². The van der Waals surface area contributed by atoms with Crippen molar-refractivity contribution >= 4 is 27.4 Å². The molecule has 2 amide bonds. The molecule has 2 bridgehead atoms. The van der Waals surface area contributed by atoms with Gasteiger partial charge in [0.2, 0.25) is 10.0 Å². The number of nitrogens with one attached hydrogen (secondary N) is 2. The molecule has 4 rings (SSSR count). The van der Waals surface area contributed by atoms with Gasteiger partial charge in [0.15, 0.2) is 0 Å². The number of hydrogen-bond donors (Lipinski definition) is 2. The number of amides is 2. The largest absolute Gasteiger partial charge is 0.374 e. The van der Waals surface area contributed by atoms with Crippen molar-refractivity contribution < 1.29 is 22.3 Å². The van der Waals surface area contributed by atoms with E-state index in [4.69, 9.17) is 4.74 Å². The van der Waals surface area contributed by atoms with Crippen LogP contribution in [0, 0.1) is 17.7 Å². The first-order chi connectivity index (χ1) is 11.8. The normalized spacial score (nSPS) is 30.4. The first-order valence-corrected chi connectivity index (χ1v) is 10.2. The highest BCUT2D eigenvalue weighted by Gasteiger charge is 2.53. The minimum Gasteiger partial charge on any atom is -0.374 e. The molecule has 0 saturated carbocycles. The van der Waals surface area contributed by atoms with Crippen LogP contribution in [-0.2, 0) is 14.8 Å². The van der Waals surface area contributed by atoms with Gasteiger partial charge in [-0.1, -0.05) is 0 Å². The number of ether oxygens (including phenoxy) is 1. The zero-order valence-corrected chi connectivity index (χ0v) is 14.6. The Kier molecular flexibility index (Phi) is 3.88. The Morgan fingerprint density at radius 3 is 2.48 bits per heavy atom. The van der Waals surface area contributed by atoms with Crippen LogP contribution in [0.5, 0.6) is 0 Å². The molecule has 7 nitrogen and oxygen atoms in total. The first kappa shape index (κ1) is 16.6. The molecular formula is C16H20FN3O4S. The second-order valence-corrected chi connectivity index (χ2v) is 8.77. The molecule has 25 heavy (non-hydrogen) atoms. The highest BCUT2D eigenvalue weighted by molar-refractivity contribution is 7.92. The average molecular weight is 369 g/mol. The van der Waals surface area contributed by atoms with Gasteiger partial charge in [-0.25, -0.2) is 17.6 Å². The van der Waals surface area contributed by atoms with E-state index in [0.29, 0.717) is 24.9 Å². The molecule has 4 unspecified atom stereocenters. The van der Waals surface area contributed by atoms with Gasteiger partial charge in [-0.05, 0) is 31.0 Å². The first-order valence-electron chi connectivity index (χ1n) is 8.29. The van der Waals surface area contributed by atoms with Crippen molar-refractivity contribution in [3.63, 3.8) is 0 Å². The van der Waals surface area contributed by atoms with Crippen LogP contribution < -0.4 is 10.0 Å². The summed E-state index contributed by atoms with van der Waals surface area (Å²) in [6.45, 7) is 1.22. The quantitative estimate of drug-likeness (QED) is 0.851. The molecular weight excluding hydrogens is 349 g/mol. The van der Waals surface area contributed by atoms with E-state index in [2.05, 4.69) is 10.0 Å². The summed E-state index contributed by atoms with van der Waals surface area (Å²) in [4.78, 5) is 14.2. The third kappa shape index (κ3) is 3.18. The number of anilines is 2. The van der Waals surface area contributed by atoms with E-state index in [0.717, 1.165) is 25.2 Å². The predicted octanol–water partition coefficient (Wildman–Crippen LogP) is 1.84. The molecule has 9 heteroatoms. The van der Waals surface area contributed by atoms with Crippen LogP contribution in [0.3, 0.4) is 0 Å².